The van der Waals surface area contributed by atoms with Crippen LogP contribution < -0.4 is 16.2 Å². The quantitative estimate of drug-likeness (QED) is 0.714. The smallest absolute Gasteiger partial charge is 0.238 e. The Morgan fingerprint density at radius 3 is 2.17 bits per heavy atom. The molecule has 7 heteroatoms. The average Bonchev–Trinajstić information content (AvgIpc) is 2.53. The minimum atomic E-state index is -3.71. The molecule has 0 aromatic heterocycles. The summed E-state index contributed by atoms with van der Waals surface area (Å²) < 4.78 is 22.3. The molecule has 0 aliphatic heterocycles. The summed E-state index contributed by atoms with van der Waals surface area (Å²) in [5.41, 5.74) is 7.64. The fourth-order valence-corrected chi connectivity index (χ4v) is 2.59. The molecule has 6 nitrogen and oxygen atoms in total. The molecule has 0 unspecified atom stereocenters. The van der Waals surface area contributed by atoms with Crippen molar-refractivity contribution in [1.82, 2.24) is 5.32 Å². The number of primary sulfonamides is 1. The minimum absolute atomic E-state index is 0.0355. The van der Waals surface area contributed by atoms with E-state index in [1.807, 2.05) is 30.3 Å². The third-order valence-corrected chi connectivity index (χ3v) is 4.28. The van der Waals surface area contributed by atoms with Crippen molar-refractivity contribution in [2.75, 3.05) is 0 Å². The highest BCUT2D eigenvalue weighted by Gasteiger charge is 2.14. The van der Waals surface area contributed by atoms with E-state index in [1.54, 1.807) is 12.1 Å². The number of carbonyl (C=O) groups excluding carboxylic acids is 1. The lowest BCUT2D eigenvalue weighted by Gasteiger charge is -2.12. The number of nitrogens with one attached hydrogen (secondary N) is 1. The maximum absolute atomic E-state index is 12.0. The molecule has 0 spiro atoms. The van der Waals surface area contributed by atoms with E-state index in [-0.39, 0.29) is 17.3 Å². The molecule has 0 aliphatic carbocycles. The van der Waals surface area contributed by atoms with Gasteiger partial charge in [-0.05, 0) is 29.7 Å². The molecule has 0 fully saturated rings. The van der Waals surface area contributed by atoms with Gasteiger partial charge < -0.3 is 11.1 Å². The van der Waals surface area contributed by atoms with Crippen molar-refractivity contribution in [3.05, 3.63) is 65.7 Å². The second-order valence-electron chi connectivity index (χ2n) is 5.20. The predicted octanol–water partition coefficient (Wildman–Crippen LogP) is 0.520. The maximum atomic E-state index is 12.0. The highest BCUT2D eigenvalue weighted by atomic mass is 32.2. The van der Waals surface area contributed by atoms with Crippen LogP contribution in [0.5, 0.6) is 0 Å². The number of hydrogen-bond acceptors (Lipinski definition) is 4. The monoisotopic (exact) mass is 333 g/mol. The fourth-order valence-electron chi connectivity index (χ4n) is 2.08. The van der Waals surface area contributed by atoms with E-state index in [2.05, 4.69) is 5.32 Å². The first-order valence-corrected chi connectivity index (χ1v) is 8.60. The van der Waals surface area contributed by atoms with Crippen LogP contribution in [0.1, 0.15) is 11.1 Å². The molecular formula is C16H19N3O3S. The van der Waals surface area contributed by atoms with Crippen molar-refractivity contribution in [3.63, 3.8) is 0 Å². The van der Waals surface area contributed by atoms with Gasteiger partial charge in [-0.15, -0.1) is 0 Å². The van der Waals surface area contributed by atoms with Crippen LogP contribution in [0.25, 0.3) is 0 Å². The van der Waals surface area contributed by atoms with Gasteiger partial charge in [0.1, 0.15) is 0 Å². The molecule has 0 radical (unpaired) electrons. The first-order valence-electron chi connectivity index (χ1n) is 7.05. The lowest BCUT2D eigenvalue weighted by molar-refractivity contribution is -0.122. The van der Waals surface area contributed by atoms with Crippen LogP contribution >= 0.6 is 0 Å². The number of carbonyl (C=O) groups is 1. The Kier molecular flexibility index (Phi) is 5.49. The minimum Gasteiger partial charge on any atom is -0.351 e. The zero-order chi connectivity index (χ0) is 16.9. The lowest BCUT2D eigenvalue weighted by Crippen LogP contribution is -2.41. The second kappa shape index (κ2) is 7.36. The van der Waals surface area contributed by atoms with Gasteiger partial charge in [-0.25, -0.2) is 13.6 Å². The van der Waals surface area contributed by atoms with Gasteiger partial charge in [-0.1, -0.05) is 42.5 Å². The summed E-state index contributed by atoms with van der Waals surface area (Å²) in [5.74, 6) is -0.260. The van der Waals surface area contributed by atoms with Crippen molar-refractivity contribution in [2.24, 2.45) is 10.9 Å². The zero-order valence-corrected chi connectivity index (χ0v) is 13.3. The van der Waals surface area contributed by atoms with Crippen LogP contribution in [0.15, 0.2) is 59.5 Å². The van der Waals surface area contributed by atoms with E-state index >= 15 is 0 Å². The first-order chi connectivity index (χ1) is 10.9. The van der Waals surface area contributed by atoms with E-state index in [0.717, 1.165) is 11.1 Å². The molecule has 2 aromatic carbocycles. The van der Waals surface area contributed by atoms with Gasteiger partial charge in [-0.3, -0.25) is 4.79 Å². The first kappa shape index (κ1) is 17.1. The Balaban J connectivity index is 1.89. The molecule has 0 saturated heterocycles. The Morgan fingerprint density at radius 1 is 1.00 bits per heavy atom. The van der Waals surface area contributed by atoms with Crippen molar-refractivity contribution < 1.29 is 13.2 Å². The van der Waals surface area contributed by atoms with E-state index in [0.29, 0.717) is 6.42 Å². The molecular weight excluding hydrogens is 314 g/mol. The third kappa shape index (κ3) is 5.17. The number of rotatable bonds is 6. The van der Waals surface area contributed by atoms with E-state index in [9.17, 15) is 13.2 Å². The summed E-state index contributed by atoms with van der Waals surface area (Å²) in [5, 5.41) is 7.76. The van der Waals surface area contributed by atoms with Crippen molar-refractivity contribution >= 4 is 15.9 Å². The molecule has 1 atom stereocenters. The van der Waals surface area contributed by atoms with Gasteiger partial charge in [0.25, 0.3) is 0 Å². The van der Waals surface area contributed by atoms with Gasteiger partial charge in [0.2, 0.25) is 15.9 Å². The number of nitrogens with two attached hydrogens (primary N) is 2. The highest BCUT2D eigenvalue weighted by Crippen LogP contribution is 2.08. The molecule has 122 valence electrons. The van der Waals surface area contributed by atoms with Crippen LogP contribution in [0.2, 0.25) is 0 Å². The van der Waals surface area contributed by atoms with Gasteiger partial charge in [0.15, 0.2) is 0 Å². The molecule has 5 N–H and O–H groups in total. The number of sulfonamides is 1. The largest absolute Gasteiger partial charge is 0.351 e. The number of amides is 1. The van der Waals surface area contributed by atoms with Crippen LogP contribution in [0, 0.1) is 0 Å². The average molecular weight is 333 g/mol. The molecule has 2 aromatic rings. The van der Waals surface area contributed by atoms with E-state index < -0.39 is 16.1 Å². The summed E-state index contributed by atoms with van der Waals surface area (Å²) in [6.45, 7) is 0.270. The van der Waals surface area contributed by atoms with Crippen LogP contribution in [-0.2, 0) is 27.8 Å². The summed E-state index contributed by atoms with van der Waals surface area (Å²) in [7, 11) is -3.71. The Labute approximate surface area is 135 Å². The standard InChI is InChI=1S/C16H19N3O3S/c17-15(10-12-4-2-1-3-5-12)16(20)19-11-13-6-8-14(9-7-13)23(18,21)22/h1-9,15H,10-11,17H2,(H,19,20)(H2,18,21,22)/t15-/m0/s1. The summed E-state index contributed by atoms with van der Waals surface area (Å²) in [4.78, 5) is 12.0. The van der Waals surface area contributed by atoms with Crippen LogP contribution in [0.4, 0.5) is 0 Å². The second-order valence-corrected chi connectivity index (χ2v) is 6.76. The number of hydrogen-bond donors (Lipinski definition) is 3. The van der Waals surface area contributed by atoms with Crippen molar-refractivity contribution in [2.45, 2.75) is 23.9 Å². The molecule has 0 aliphatic rings. The van der Waals surface area contributed by atoms with Gasteiger partial charge in [0, 0.05) is 6.54 Å². The van der Waals surface area contributed by atoms with E-state index in [4.69, 9.17) is 10.9 Å². The summed E-state index contributed by atoms with van der Waals surface area (Å²) >= 11 is 0. The lowest BCUT2D eigenvalue weighted by atomic mass is 10.1. The Hall–Kier alpha value is -2.22. The molecule has 0 heterocycles. The highest BCUT2D eigenvalue weighted by molar-refractivity contribution is 7.89. The van der Waals surface area contributed by atoms with Crippen molar-refractivity contribution in [1.29, 1.82) is 0 Å². The number of benzene rings is 2. The topological polar surface area (TPSA) is 115 Å². The summed E-state index contributed by atoms with van der Waals surface area (Å²) in [6, 6.07) is 14.9. The fraction of sp³-hybridized carbons (Fsp3) is 0.188. The normalized spacial score (nSPS) is 12.6. The SMILES string of the molecule is N[C@@H](Cc1ccccc1)C(=O)NCc1ccc(S(N)(=O)=O)cc1. The van der Waals surface area contributed by atoms with Crippen LogP contribution in [-0.4, -0.2) is 20.4 Å². The molecule has 2 rings (SSSR count). The Bertz CT molecular complexity index is 759. The Morgan fingerprint density at radius 2 is 1.61 bits per heavy atom. The van der Waals surface area contributed by atoms with Gasteiger partial charge in [-0.2, -0.15) is 0 Å². The summed E-state index contributed by atoms with van der Waals surface area (Å²) in [6.07, 6.45) is 0.455. The molecule has 23 heavy (non-hydrogen) atoms. The van der Waals surface area contributed by atoms with Crippen molar-refractivity contribution in [3.8, 4) is 0 Å². The molecule has 0 bridgehead atoms. The third-order valence-electron chi connectivity index (χ3n) is 3.35. The van der Waals surface area contributed by atoms with Gasteiger partial charge >= 0.3 is 0 Å². The van der Waals surface area contributed by atoms with Gasteiger partial charge in [0.05, 0.1) is 10.9 Å². The maximum Gasteiger partial charge on any atom is 0.238 e. The van der Waals surface area contributed by atoms with Crippen LogP contribution in [0.3, 0.4) is 0 Å². The molecule has 1 amide bonds. The molecule has 0 saturated carbocycles. The zero-order valence-electron chi connectivity index (χ0n) is 12.5. The van der Waals surface area contributed by atoms with E-state index in [1.165, 1.54) is 12.1 Å². The predicted molar refractivity (Wildman–Crippen MR) is 87.8 cm³/mol.